The molecule has 0 fully saturated rings. The Morgan fingerprint density at radius 2 is 1.62 bits per heavy atom. The van der Waals surface area contributed by atoms with E-state index in [1.165, 1.54) is 49.4 Å². The fraction of sp³-hybridized carbons (Fsp3) is 0.0952. The van der Waals surface area contributed by atoms with Gasteiger partial charge in [0.2, 0.25) is 10.0 Å². The number of benzene rings is 3. The number of nitrogens with one attached hydrogen (secondary N) is 1. The van der Waals surface area contributed by atoms with Gasteiger partial charge in [-0.25, -0.2) is 26.3 Å². The summed E-state index contributed by atoms with van der Waals surface area (Å²) in [6.07, 6.45) is 0. The second kappa shape index (κ2) is 8.18. The summed E-state index contributed by atoms with van der Waals surface area (Å²) >= 11 is 0. The summed E-state index contributed by atoms with van der Waals surface area (Å²) < 4.78 is 68.7. The van der Waals surface area contributed by atoms with Crippen molar-refractivity contribution in [3.8, 4) is 11.1 Å². The molecule has 0 saturated heterocycles. The average Bonchev–Trinajstić information content (AvgIpc) is 2.71. The van der Waals surface area contributed by atoms with E-state index in [1.54, 1.807) is 6.07 Å². The molecule has 150 valence electrons. The minimum Gasteiger partial charge on any atom is -0.293 e. The van der Waals surface area contributed by atoms with Crippen LogP contribution in [0.4, 0.5) is 13.2 Å². The zero-order valence-electron chi connectivity index (χ0n) is 15.2. The van der Waals surface area contributed by atoms with Crippen molar-refractivity contribution in [2.24, 2.45) is 0 Å². The van der Waals surface area contributed by atoms with Gasteiger partial charge in [-0.3, -0.25) is 4.79 Å². The van der Waals surface area contributed by atoms with Gasteiger partial charge in [0.15, 0.2) is 17.4 Å². The van der Waals surface area contributed by atoms with Gasteiger partial charge in [0.05, 0.1) is 17.0 Å². The van der Waals surface area contributed by atoms with E-state index >= 15 is 0 Å². The first kappa shape index (κ1) is 20.8. The summed E-state index contributed by atoms with van der Waals surface area (Å²) in [4.78, 5) is 12.5. The normalized spacial score (nSPS) is 11.4. The number of carbonyl (C=O) groups is 1. The quantitative estimate of drug-likeness (QED) is 0.608. The van der Waals surface area contributed by atoms with Gasteiger partial charge in [-0.15, -0.1) is 0 Å². The highest BCUT2D eigenvalue weighted by atomic mass is 32.2. The van der Waals surface area contributed by atoms with Gasteiger partial charge in [-0.05, 0) is 48.4 Å². The highest BCUT2D eigenvalue weighted by Crippen LogP contribution is 2.28. The number of Topliss-reactive ketones (excluding diaryl/α,β-unsaturated/α-hetero) is 1. The maximum Gasteiger partial charge on any atom is 0.240 e. The van der Waals surface area contributed by atoms with E-state index < -0.39 is 45.4 Å². The van der Waals surface area contributed by atoms with Gasteiger partial charge in [-0.1, -0.05) is 30.3 Å². The van der Waals surface area contributed by atoms with Crippen LogP contribution >= 0.6 is 0 Å². The van der Waals surface area contributed by atoms with E-state index in [-0.39, 0.29) is 21.6 Å². The van der Waals surface area contributed by atoms with Gasteiger partial charge in [-0.2, -0.15) is 0 Å². The number of carbonyl (C=O) groups excluding carboxylic acids is 1. The smallest absolute Gasteiger partial charge is 0.240 e. The van der Waals surface area contributed by atoms with Crippen molar-refractivity contribution < 1.29 is 26.4 Å². The SMILES string of the molecule is Cc1cc(-c2cccc(F)c2F)cc(C(=O)CNS(=O)(=O)c2ccccc2)c1F. The summed E-state index contributed by atoms with van der Waals surface area (Å²) in [5.41, 5.74) is -0.401. The Hall–Kier alpha value is -2.97. The van der Waals surface area contributed by atoms with Crippen molar-refractivity contribution in [3.05, 3.63) is 89.2 Å². The molecule has 0 atom stereocenters. The first-order chi connectivity index (χ1) is 13.7. The Morgan fingerprint density at radius 1 is 0.931 bits per heavy atom. The average molecular weight is 419 g/mol. The molecule has 0 bridgehead atoms. The van der Waals surface area contributed by atoms with Gasteiger partial charge in [0.1, 0.15) is 5.82 Å². The lowest BCUT2D eigenvalue weighted by atomic mass is 9.97. The van der Waals surface area contributed by atoms with Crippen LogP contribution in [0.1, 0.15) is 15.9 Å². The van der Waals surface area contributed by atoms with Crippen LogP contribution < -0.4 is 4.72 Å². The molecule has 3 aromatic rings. The van der Waals surface area contributed by atoms with Crippen molar-refractivity contribution in [1.29, 1.82) is 0 Å². The molecule has 0 unspecified atom stereocenters. The summed E-state index contributed by atoms with van der Waals surface area (Å²) in [7, 11) is -3.96. The lowest BCUT2D eigenvalue weighted by molar-refractivity contribution is 0.0993. The summed E-state index contributed by atoms with van der Waals surface area (Å²) in [6.45, 7) is 0.684. The van der Waals surface area contributed by atoms with Crippen molar-refractivity contribution in [2.45, 2.75) is 11.8 Å². The molecule has 0 amide bonds. The molecule has 0 aromatic heterocycles. The Bertz CT molecular complexity index is 1180. The van der Waals surface area contributed by atoms with Gasteiger partial charge in [0, 0.05) is 5.56 Å². The van der Waals surface area contributed by atoms with Crippen LogP contribution in [-0.4, -0.2) is 20.7 Å². The summed E-state index contributed by atoms with van der Waals surface area (Å²) in [6, 6.07) is 13.3. The fourth-order valence-electron chi connectivity index (χ4n) is 2.79. The van der Waals surface area contributed by atoms with Gasteiger partial charge >= 0.3 is 0 Å². The first-order valence-corrected chi connectivity index (χ1v) is 10.0. The molecule has 0 spiro atoms. The molecule has 0 heterocycles. The lowest BCUT2D eigenvalue weighted by Gasteiger charge is -2.11. The van der Waals surface area contributed by atoms with E-state index in [9.17, 15) is 26.4 Å². The zero-order valence-corrected chi connectivity index (χ0v) is 16.1. The van der Waals surface area contributed by atoms with Crippen LogP contribution in [0.3, 0.4) is 0 Å². The predicted octanol–water partition coefficient (Wildman–Crippen LogP) is 4.24. The minimum atomic E-state index is -3.96. The van der Waals surface area contributed by atoms with Crippen molar-refractivity contribution >= 4 is 15.8 Å². The molecular weight excluding hydrogens is 403 g/mol. The number of ketones is 1. The molecule has 8 heteroatoms. The van der Waals surface area contributed by atoms with Gasteiger partial charge < -0.3 is 0 Å². The highest BCUT2D eigenvalue weighted by molar-refractivity contribution is 7.89. The van der Waals surface area contributed by atoms with Crippen LogP contribution in [0, 0.1) is 24.4 Å². The number of sulfonamides is 1. The minimum absolute atomic E-state index is 0.0416. The maximum absolute atomic E-state index is 14.5. The van der Waals surface area contributed by atoms with E-state index in [0.717, 1.165) is 12.1 Å². The Labute approximate surface area is 166 Å². The van der Waals surface area contributed by atoms with Crippen molar-refractivity contribution in [1.82, 2.24) is 4.72 Å². The van der Waals surface area contributed by atoms with Crippen LogP contribution in [0.5, 0.6) is 0 Å². The van der Waals surface area contributed by atoms with Crippen molar-refractivity contribution in [2.75, 3.05) is 6.54 Å². The fourth-order valence-corrected chi connectivity index (χ4v) is 3.80. The molecule has 0 saturated carbocycles. The third-order valence-electron chi connectivity index (χ3n) is 4.29. The summed E-state index contributed by atoms with van der Waals surface area (Å²) in [5, 5.41) is 0. The topological polar surface area (TPSA) is 63.2 Å². The first-order valence-electron chi connectivity index (χ1n) is 8.53. The third kappa shape index (κ3) is 4.38. The standard InChI is InChI=1S/C21H16F3NO3S/c1-13-10-14(16-8-5-9-18(22)21(16)24)11-17(20(13)23)19(26)12-25-29(27,28)15-6-3-2-4-7-15/h2-11,25H,12H2,1H3. The molecule has 0 aliphatic heterocycles. The van der Waals surface area contributed by atoms with E-state index in [2.05, 4.69) is 4.72 Å². The molecule has 29 heavy (non-hydrogen) atoms. The van der Waals surface area contributed by atoms with E-state index in [1.807, 2.05) is 0 Å². The Morgan fingerprint density at radius 3 is 2.31 bits per heavy atom. The van der Waals surface area contributed by atoms with E-state index in [0.29, 0.717) is 0 Å². The number of rotatable bonds is 6. The maximum atomic E-state index is 14.5. The monoisotopic (exact) mass is 419 g/mol. The second-order valence-electron chi connectivity index (χ2n) is 6.32. The zero-order chi connectivity index (χ0) is 21.2. The number of halogens is 3. The van der Waals surface area contributed by atoms with Crippen molar-refractivity contribution in [3.63, 3.8) is 0 Å². The van der Waals surface area contributed by atoms with Crippen LogP contribution in [0.25, 0.3) is 11.1 Å². The molecule has 3 aromatic carbocycles. The second-order valence-corrected chi connectivity index (χ2v) is 8.08. The molecule has 0 aliphatic rings. The van der Waals surface area contributed by atoms with E-state index in [4.69, 9.17) is 0 Å². The number of aryl methyl sites for hydroxylation is 1. The lowest BCUT2D eigenvalue weighted by Crippen LogP contribution is -2.30. The van der Waals surface area contributed by atoms with Gasteiger partial charge in [0.25, 0.3) is 0 Å². The molecule has 1 N–H and O–H groups in total. The predicted molar refractivity (Wildman–Crippen MR) is 102 cm³/mol. The molecule has 0 radical (unpaired) electrons. The molecular formula is C21H16F3NO3S. The van der Waals surface area contributed by atoms with Crippen LogP contribution in [0.15, 0.2) is 65.6 Å². The third-order valence-corrected chi connectivity index (χ3v) is 5.71. The largest absolute Gasteiger partial charge is 0.293 e. The highest BCUT2D eigenvalue weighted by Gasteiger charge is 2.21. The van der Waals surface area contributed by atoms with Crippen LogP contribution in [-0.2, 0) is 10.0 Å². The molecule has 3 rings (SSSR count). The van der Waals surface area contributed by atoms with Crippen LogP contribution in [0.2, 0.25) is 0 Å². The Balaban J connectivity index is 1.91. The number of hydrogen-bond donors (Lipinski definition) is 1. The number of hydrogen-bond acceptors (Lipinski definition) is 3. The molecule has 0 aliphatic carbocycles. The summed E-state index contributed by atoms with van der Waals surface area (Å²) in [5.74, 6) is -3.90. The molecule has 4 nitrogen and oxygen atoms in total. The Kier molecular flexibility index (Phi) is 5.86.